The van der Waals surface area contributed by atoms with Crippen LogP contribution in [0, 0.1) is 5.92 Å². The third-order valence-electron chi connectivity index (χ3n) is 11.7. The van der Waals surface area contributed by atoms with Gasteiger partial charge in [-0.25, -0.2) is 4.57 Å². The van der Waals surface area contributed by atoms with E-state index in [0.717, 1.165) is 42.7 Å². The molecule has 1 unspecified atom stereocenters. The number of fused-ring (bicyclic) bond motifs is 1. The van der Waals surface area contributed by atoms with Crippen LogP contribution in [0.3, 0.4) is 0 Å². The van der Waals surface area contributed by atoms with Crippen molar-refractivity contribution >= 4 is 54.3 Å². The molecule has 3 rings (SSSR count). The number of benzene rings is 2. The van der Waals surface area contributed by atoms with Gasteiger partial charge in [0, 0.05) is 43.9 Å². The number of phosphoric ester groups is 1. The lowest BCUT2D eigenvalue weighted by atomic mass is 9.98. The molecule has 4 amide bonds. The van der Waals surface area contributed by atoms with Gasteiger partial charge < -0.3 is 45.4 Å². The number of H-pyrrole nitrogens is 1. The second-order valence-corrected chi connectivity index (χ2v) is 19.2. The fraction of sp³-hybridized carbons (Fsp3) is 0.608. The zero-order valence-electron chi connectivity index (χ0n) is 41.9. The van der Waals surface area contributed by atoms with Crippen molar-refractivity contribution in [2.75, 3.05) is 32.9 Å². The van der Waals surface area contributed by atoms with Crippen molar-refractivity contribution in [3.05, 3.63) is 65.9 Å². The normalized spacial score (nSPS) is 13.8. The first-order valence-electron chi connectivity index (χ1n) is 24.9. The lowest BCUT2D eigenvalue weighted by molar-refractivity contribution is -0.158. The number of nitrogens with one attached hydrogen (secondary N) is 5. The SMILES string of the molecule is CCCCCCCCCCCCCCCC(=O)O[C@@H](CNC(=O)[C@H](COP(=O)(O)OCCNC(=O)[C@@H](NC(=O)Cc1c[nH]c2ccc(OCc3ccccc3)cc12)[C@@H](C)CC)NC(C)=O)COC(C)=O. The van der Waals surface area contributed by atoms with Crippen LogP contribution in [-0.2, 0) is 64.9 Å². The minimum atomic E-state index is -4.84. The summed E-state index contributed by atoms with van der Waals surface area (Å²) in [5.74, 6) is -3.18. The molecule has 2 aromatic carbocycles. The quantitative estimate of drug-likeness (QED) is 0.0185. The standard InChI is InChI=1S/C51H78N5O13P/c1-6-8-9-10-11-12-13-14-15-16-17-18-22-25-48(60)69-43(35-65-39(5)58)33-54-50(61)46(55-38(4)57)36-68-70(63,64)67-29-28-52-51(62)49(37(3)7-2)56-47(59)30-41-32-53-45-27-26-42(31-44(41)45)66-34-40-23-20-19-21-24-40/h19-21,23-24,26-27,31-32,37,43,46,49,53H,6-18,22,25,28-30,33-36H2,1-5H3,(H,52,62)(H,54,61)(H,55,57)(H,56,59)(H,63,64)/t37-,43-,46-,49-/m0/s1. The summed E-state index contributed by atoms with van der Waals surface area (Å²) in [7, 11) is -4.84. The number of carbonyl (C=O) groups excluding carboxylic acids is 6. The summed E-state index contributed by atoms with van der Waals surface area (Å²) in [4.78, 5) is 89.6. The summed E-state index contributed by atoms with van der Waals surface area (Å²) in [6, 6.07) is 12.9. The molecular weight excluding hydrogens is 922 g/mol. The monoisotopic (exact) mass is 1000 g/mol. The minimum Gasteiger partial charge on any atom is -0.489 e. The number of ether oxygens (including phenoxy) is 3. The predicted molar refractivity (Wildman–Crippen MR) is 266 cm³/mol. The van der Waals surface area contributed by atoms with Crippen LogP contribution in [0.15, 0.2) is 54.7 Å². The maximum absolute atomic E-state index is 13.3. The fourth-order valence-corrected chi connectivity index (χ4v) is 8.26. The number of unbranched alkanes of at least 4 members (excludes halogenated alkanes) is 12. The summed E-state index contributed by atoms with van der Waals surface area (Å²) >= 11 is 0. The van der Waals surface area contributed by atoms with Crippen LogP contribution >= 0.6 is 7.82 Å². The molecule has 0 aliphatic heterocycles. The lowest BCUT2D eigenvalue weighted by Crippen LogP contribution is -2.51. The third kappa shape index (κ3) is 24.5. The summed E-state index contributed by atoms with van der Waals surface area (Å²) < 4.78 is 39.4. The number of hydrogen-bond acceptors (Lipinski definition) is 12. The first-order valence-corrected chi connectivity index (χ1v) is 26.4. The summed E-state index contributed by atoms with van der Waals surface area (Å²) in [5, 5.41) is 11.1. The molecule has 18 nitrogen and oxygen atoms in total. The first-order chi connectivity index (χ1) is 33.6. The Morgan fingerprint density at radius 3 is 2.06 bits per heavy atom. The van der Waals surface area contributed by atoms with Gasteiger partial charge >= 0.3 is 19.8 Å². The van der Waals surface area contributed by atoms with E-state index in [1.54, 1.807) is 6.20 Å². The molecule has 0 saturated heterocycles. The number of aromatic nitrogens is 1. The van der Waals surface area contributed by atoms with Crippen LogP contribution < -0.4 is 26.0 Å². The Morgan fingerprint density at radius 1 is 0.771 bits per heavy atom. The van der Waals surface area contributed by atoms with Crippen molar-refractivity contribution < 1.29 is 61.5 Å². The number of carbonyl (C=O) groups is 6. The molecular formula is C51H78N5O13P. The zero-order chi connectivity index (χ0) is 51.2. The number of phosphoric acid groups is 1. The smallest absolute Gasteiger partial charge is 0.472 e. The van der Waals surface area contributed by atoms with Crippen LogP contribution in [0.4, 0.5) is 0 Å². The molecule has 0 fully saturated rings. The van der Waals surface area contributed by atoms with E-state index < -0.39 is 68.9 Å². The molecule has 0 aliphatic rings. The fourth-order valence-electron chi connectivity index (χ4n) is 7.53. The van der Waals surface area contributed by atoms with E-state index in [4.69, 9.17) is 23.3 Å². The Kier molecular flexibility index (Phi) is 28.1. The second-order valence-electron chi connectivity index (χ2n) is 17.7. The van der Waals surface area contributed by atoms with Crippen LogP contribution in [0.25, 0.3) is 10.9 Å². The maximum Gasteiger partial charge on any atom is 0.472 e. The summed E-state index contributed by atoms with van der Waals surface area (Å²) in [6.45, 7) is 6.48. The average molecular weight is 1000 g/mol. The van der Waals surface area contributed by atoms with Gasteiger partial charge in [-0.1, -0.05) is 135 Å². The molecule has 1 aromatic heterocycles. The number of amides is 4. The Morgan fingerprint density at radius 2 is 1.43 bits per heavy atom. The van der Waals surface area contributed by atoms with Gasteiger partial charge in [0.25, 0.3) is 0 Å². The number of rotatable bonds is 37. The van der Waals surface area contributed by atoms with Crippen LogP contribution in [0.5, 0.6) is 5.75 Å². The van der Waals surface area contributed by atoms with E-state index in [0.29, 0.717) is 30.8 Å². The van der Waals surface area contributed by atoms with Gasteiger partial charge in [-0.15, -0.1) is 0 Å². The third-order valence-corrected chi connectivity index (χ3v) is 12.6. The number of aromatic amines is 1. The van der Waals surface area contributed by atoms with Crippen LogP contribution in [-0.4, -0.2) is 96.5 Å². The van der Waals surface area contributed by atoms with Crippen molar-refractivity contribution in [1.29, 1.82) is 0 Å². The summed E-state index contributed by atoms with van der Waals surface area (Å²) in [6.07, 6.45) is 16.4. The van der Waals surface area contributed by atoms with E-state index in [-0.39, 0.29) is 44.4 Å². The zero-order valence-corrected chi connectivity index (χ0v) is 42.7. The number of esters is 2. The topological polar surface area (TPSA) is 250 Å². The highest BCUT2D eigenvalue weighted by Crippen LogP contribution is 2.43. The molecule has 0 radical (unpaired) electrons. The van der Waals surface area contributed by atoms with E-state index in [2.05, 4.69) is 33.2 Å². The molecule has 70 heavy (non-hydrogen) atoms. The van der Waals surface area contributed by atoms with Gasteiger partial charge in [0.05, 0.1) is 26.2 Å². The van der Waals surface area contributed by atoms with Crippen molar-refractivity contribution in [2.45, 2.75) is 162 Å². The van der Waals surface area contributed by atoms with E-state index in [1.807, 2.05) is 62.4 Å². The van der Waals surface area contributed by atoms with E-state index in [1.165, 1.54) is 64.7 Å². The first kappa shape index (κ1) is 59.0. The number of hydrogen-bond donors (Lipinski definition) is 6. The highest BCUT2D eigenvalue weighted by atomic mass is 31.2. The van der Waals surface area contributed by atoms with Gasteiger partial charge in [-0.05, 0) is 41.7 Å². The van der Waals surface area contributed by atoms with Crippen molar-refractivity contribution in [3.8, 4) is 5.75 Å². The Hall–Kier alpha value is -5.29. The highest BCUT2D eigenvalue weighted by molar-refractivity contribution is 7.47. The van der Waals surface area contributed by atoms with Crippen molar-refractivity contribution in [2.24, 2.45) is 5.92 Å². The molecule has 0 aliphatic carbocycles. The van der Waals surface area contributed by atoms with Crippen LogP contribution in [0.1, 0.15) is 142 Å². The minimum absolute atomic E-state index is 0.0180. The molecule has 5 atom stereocenters. The second kappa shape index (κ2) is 33.3. The van der Waals surface area contributed by atoms with Gasteiger partial charge in [0.15, 0.2) is 6.10 Å². The van der Waals surface area contributed by atoms with E-state index >= 15 is 0 Å². The molecule has 6 N–H and O–H groups in total. The molecule has 0 spiro atoms. The van der Waals surface area contributed by atoms with Gasteiger partial charge in [0.2, 0.25) is 23.6 Å². The molecule has 0 bridgehead atoms. The highest BCUT2D eigenvalue weighted by Gasteiger charge is 2.30. The molecule has 0 saturated carbocycles. The Balaban J connectivity index is 1.42. The van der Waals surface area contributed by atoms with Gasteiger partial charge in [-0.3, -0.25) is 37.8 Å². The van der Waals surface area contributed by atoms with Crippen LogP contribution in [0.2, 0.25) is 0 Å². The Bertz CT molecular complexity index is 2100. The molecule has 19 heteroatoms. The maximum atomic E-state index is 13.3. The average Bonchev–Trinajstić information content (AvgIpc) is 3.73. The molecule has 1 heterocycles. The van der Waals surface area contributed by atoms with Crippen molar-refractivity contribution in [3.63, 3.8) is 0 Å². The van der Waals surface area contributed by atoms with Gasteiger partial charge in [0.1, 0.15) is 31.0 Å². The van der Waals surface area contributed by atoms with Crippen molar-refractivity contribution in [1.82, 2.24) is 26.3 Å². The largest absolute Gasteiger partial charge is 0.489 e. The summed E-state index contributed by atoms with van der Waals surface area (Å²) in [5.41, 5.74) is 2.55. The lowest BCUT2D eigenvalue weighted by Gasteiger charge is -2.24. The van der Waals surface area contributed by atoms with Gasteiger partial charge in [-0.2, -0.15) is 0 Å². The van der Waals surface area contributed by atoms with E-state index in [9.17, 15) is 38.2 Å². The molecule has 390 valence electrons. The molecule has 3 aromatic rings. The Labute approximate surface area is 413 Å². The predicted octanol–water partition coefficient (Wildman–Crippen LogP) is 7.65.